The molecule has 1 fully saturated rings. The molecule has 1 aliphatic heterocycles. The van der Waals surface area contributed by atoms with Gasteiger partial charge in [0.1, 0.15) is 0 Å². The lowest BCUT2D eigenvalue weighted by Gasteiger charge is -2.29. The fraction of sp³-hybridized carbons (Fsp3) is 0.750. The van der Waals surface area contributed by atoms with E-state index in [4.69, 9.17) is 5.73 Å². The number of hydrogen-bond acceptors (Lipinski definition) is 3. The fourth-order valence-corrected chi connectivity index (χ4v) is 4.00. The van der Waals surface area contributed by atoms with E-state index in [1.807, 2.05) is 11.3 Å². The van der Waals surface area contributed by atoms with Crippen LogP contribution in [0.1, 0.15) is 62.3 Å². The summed E-state index contributed by atoms with van der Waals surface area (Å²) in [5, 5.41) is 0. The summed E-state index contributed by atoms with van der Waals surface area (Å²) in [5.41, 5.74) is 6.32. The largest absolute Gasteiger partial charge is 0.329 e. The summed E-state index contributed by atoms with van der Waals surface area (Å²) in [6, 6.07) is 5.02. The Kier molecular flexibility index (Phi) is 5.04. The molecule has 19 heavy (non-hydrogen) atoms. The van der Waals surface area contributed by atoms with E-state index in [2.05, 4.69) is 37.8 Å². The molecular weight excluding hydrogens is 252 g/mol. The maximum absolute atomic E-state index is 6.07. The predicted octanol–water partition coefficient (Wildman–Crippen LogP) is 3.92. The number of hydrogen-bond donors (Lipinski definition) is 1. The lowest BCUT2D eigenvalue weighted by atomic mass is 9.95. The van der Waals surface area contributed by atoms with Crippen molar-refractivity contribution in [3.63, 3.8) is 0 Å². The van der Waals surface area contributed by atoms with Crippen LogP contribution in [0, 0.1) is 0 Å². The molecule has 1 saturated heterocycles. The van der Waals surface area contributed by atoms with Crippen molar-refractivity contribution in [1.82, 2.24) is 4.90 Å². The molecule has 3 heteroatoms. The number of thiophene rings is 1. The van der Waals surface area contributed by atoms with Crippen LogP contribution in [0.2, 0.25) is 0 Å². The van der Waals surface area contributed by atoms with Gasteiger partial charge in [-0.1, -0.05) is 33.6 Å². The lowest BCUT2D eigenvalue weighted by molar-refractivity contribution is 0.212. The summed E-state index contributed by atoms with van der Waals surface area (Å²) in [6.07, 6.45) is 5.42. The zero-order chi connectivity index (χ0) is 13.9. The fourth-order valence-electron chi connectivity index (χ4n) is 2.79. The molecule has 2 N–H and O–H groups in total. The molecule has 108 valence electrons. The monoisotopic (exact) mass is 280 g/mol. The molecule has 0 spiro atoms. The van der Waals surface area contributed by atoms with E-state index in [0.29, 0.717) is 6.04 Å². The van der Waals surface area contributed by atoms with Crippen molar-refractivity contribution in [1.29, 1.82) is 0 Å². The van der Waals surface area contributed by atoms with E-state index in [9.17, 15) is 0 Å². The highest BCUT2D eigenvalue weighted by Crippen LogP contribution is 2.34. The van der Waals surface area contributed by atoms with Crippen LogP contribution in [0.5, 0.6) is 0 Å². The SMILES string of the molecule is CC(C)(C)c1ccc(C(CN)N2CCCCCC2)s1. The molecule has 0 radical (unpaired) electrons. The number of rotatable bonds is 3. The Morgan fingerprint density at radius 3 is 2.26 bits per heavy atom. The van der Waals surface area contributed by atoms with Crippen LogP contribution in [0.15, 0.2) is 12.1 Å². The molecular formula is C16H28N2S. The molecule has 1 aliphatic rings. The summed E-state index contributed by atoms with van der Waals surface area (Å²) in [4.78, 5) is 5.52. The Morgan fingerprint density at radius 1 is 1.16 bits per heavy atom. The normalized spacial score (nSPS) is 20.2. The maximum atomic E-state index is 6.07. The highest BCUT2D eigenvalue weighted by molar-refractivity contribution is 7.12. The van der Waals surface area contributed by atoms with Crippen molar-refractivity contribution in [3.8, 4) is 0 Å². The minimum Gasteiger partial charge on any atom is -0.329 e. The zero-order valence-corrected chi connectivity index (χ0v) is 13.4. The van der Waals surface area contributed by atoms with Crippen LogP contribution in [0.4, 0.5) is 0 Å². The van der Waals surface area contributed by atoms with E-state index in [1.54, 1.807) is 0 Å². The minimum absolute atomic E-state index is 0.251. The third-order valence-electron chi connectivity index (χ3n) is 4.00. The van der Waals surface area contributed by atoms with Gasteiger partial charge in [0.05, 0.1) is 6.04 Å². The van der Waals surface area contributed by atoms with Gasteiger partial charge in [0.25, 0.3) is 0 Å². The van der Waals surface area contributed by atoms with Crippen LogP contribution in [-0.2, 0) is 5.41 Å². The lowest BCUT2D eigenvalue weighted by Crippen LogP contribution is -2.34. The first-order valence-electron chi connectivity index (χ1n) is 7.56. The van der Waals surface area contributed by atoms with Gasteiger partial charge >= 0.3 is 0 Å². The highest BCUT2D eigenvalue weighted by atomic mass is 32.1. The Hall–Kier alpha value is -0.380. The van der Waals surface area contributed by atoms with Gasteiger partial charge in [-0.15, -0.1) is 11.3 Å². The first-order valence-corrected chi connectivity index (χ1v) is 8.38. The van der Waals surface area contributed by atoms with E-state index in [1.165, 1.54) is 48.5 Å². The second kappa shape index (κ2) is 6.38. The van der Waals surface area contributed by atoms with Crippen LogP contribution in [-0.4, -0.2) is 24.5 Å². The molecule has 0 bridgehead atoms. The van der Waals surface area contributed by atoms with Crippen LogP contribution in [0.3, 0.4) is 0 Å². The molecule has 2 heterocycles. The standard InChI is InChI=1S/C16H28N2S/c1-16(2,3)15-9-8-14(19-15)13(12-17)18-10-6-4-5-7-11-18/h8-9,13H,4-7,10-12,17H2,1-3H3. The summed E-state index contributed by atoms with van der Waals surface area (Å²) in [5.74, 6) is 0. The third kappa shape index (κ3) is 3.80. The highest BCUT2D eigenvalue weighted by Gasteiger charge is 2.24. The molecule has 0 saturated carbocycles. The Balaban J connectivity index is 2.14. The van der Waals surface area contributed by atoms with Gasteiger partial charge in [-0.3, -0.25) is 4.90 Å². The van der Waals surface area contributed by atoms with Crippen LogP contribution >= 0.6 is 11.3 Å². The molecule has 1 aromatic rings. The van der Waals surface area contributed by atoms with Crippen LogP contribution in [0.25, 0.3) is 0 Å². The van der Waals surface area contributed by atoms with Gasteiger partial charge in [0.15, 0.2) is 0 Å². The van der Waals surface area contributed by atoms with Gasteiger partial charge in [0, 0.05) is 16.3 Å². The second-order valence-electron chi connectivity index (χ2n) is 6.65. The molecule has 1 atom stereocenters. The topological polar surface area (TPSA) is 29.3 Å². The molecule has 2 nitrogen and oxygen atoms in total. The minimum atomic E-state index is 0.251. The van der Waals surface area contributed by atoms with E-state index < -0.39 is 0 Å². The van der Waals surface area contributed by atoms with Gasteiger partial charge in [0.2, 0.25) is 0 Å². The Morgan fingerprint density at radius 2 is 1.79 bits per heavy atom. The first kappa shape index (κ1) is 15.0. The van der Waals surface area contributed by atoms with Crippen molar-refractivity contribution in [2.45, 2.75) is 57.9 Å². The number of likely N-dealkylation sites (tertiary alicyclic amines) is 1. The quantitative estimate of drug-likeness (QED) is 0.909. The van der Waals surface area contributed by atoms with Crippen molar-refractivity contribution < 1.29 is 0 Å². The van der Waals surface area contributed by atoms with Gasteiger partial charge in [-0.05, 0) is 43.5 Å². The smallest absolute Gasteiger partial charge is 0.0564 e. The molecule has 0 aliphatic carbocycles. The zero-order valence-electron chi connectivity index (χ0n) is 12.6. The predicted molar refractivity (Wildman–Crippen MR) is 84.9 cm³/mol. The Bertz CT molecular complexity index is 384. The van der Waals surface area contributed by atoms with Crippen molar-refractivity contribution >= 4 is 11.3 Å². The second-order valence-corrected chi connectivity index (χ2v) is 7.77. The first-order chi connectivity index (χ1) is 9.02. The molecule has 2 rings (SSSR count). The van der Waals surface area contributed by atoms with Crippen molar-refractivity contribution in [2.24, 2.45) is 5.73 Å². The molecule has 0 aromatic carbocycles. The van der Waals surface area contributed by atoms with E-state index >= 15 is 0 Å². The summed E-state index contributed by atoms with van der Waals surface area (Å²) < 4.78 is 0. The van der Waals surface area contributed by atoms with Gasteiger partial charge < -0.3 is 5.73 Å². The average molecular weight is 280 g/mol. The summed E-state index contributed by atoms with van der Waals surface area (Å²) >= 11 is 1.95. The van der Waals surface area contributed by atoms with Gasteiger partial charge in [-0.25, -0.2) is 0 Å². The van der Waals surface area contributed by atoms with E-state index in [-0.39, 0.29) is 5.41 Å². The molecule has 0 amide bonds. The molecule has 1 aromatic heterocycles. The maximum Gasteiger partial charge on any atom is 0.0564 e. The Labute approximate surface area is 122 Å². The van der Waals surface area contributed by atoms with Gasteiger partial charge in [-0.2, -0.15) is 0 Å². The van der Waals surface area contributed by atoms with E-state index in [0.717, 1.165) is 6.54 Å². The molecule has 1 unspecified atom stereocenters. The average Bonchev–Trinajstić information content (AvgIpc) is 2.68. The summed E-state index contributed by atoms with van der Waals surface area (Å²) in [7, 11) is 0. The number of nitrogens with zero attached hydrogens (tertiary/aromatic N) is 1. The summed E-state index contributed by atoms with van der Waals surface area (Å²) in [6.45, 7) is 10.0. The third-order valence-corrected chi connectivity index (χ3v) is 5.61. The van der Waals surface area contributed by atoms with Crippen LogP contribution < -0.4 is 5.73 Å². The van der Waals surface area contributed by atoms with Crippen molar-refractivity contribution in [2.75, 3.05) is 19.6 Å². The number of nitrogens with two attached hydrogens (primary N) is 1. The van der Waals surface area contributed by atoms with Crippen molar-refractivity contribution in [3.05, 3.63) is 21.9 Å².